The van der Waals surface area contributed by atoms with Crippen LogP contribution in [0.2, 0.25) is 0 Å². The lowest BCUT2D eigenvalue weighted by Crippen LogP contribution is -2.19. The van der Waals surface area contributed by atoms with Gasteiger partial charge in [0.05, 0.1) is 19.3 Å². The van der Waals surface area contributed by atoms with Gasteiger partial charge < -0.3 is 14.8 Å². The molecule has 0 aliphatic rings. The minimum absolute atomic E-state index is 0.150. The van der Waals surface area contributed by atoms with Crippen LogP contribution in [0, 0.1) is 0 Å². The van der Waals surface area contributed by atoms with E-state index in [4.69, 9.17) is 9.47 Å². The standard InChI is InChI=1S/C12H18BrNO2/c1-10(9-15-2)16-8-7-14-12-5-3-11(13)4-6-12/h3-6,10,14H,7-9H2,1-2H3. The Balaban J connectivity index is 2.13. The van der Waals surface area contributed by atoms with Gasteiger partial charge in [-0.25, -0.2) is 0 Å². The van der Waals surface area contributed by atoms with Gasteiger partial charge >= 0.3 is 0 Å². The third-order valence-electron chi connectivity index (χ3n) is 2.08. The maximum absolute atomic E-state index is 5.53. The van der Waals surface area contributed by atoms with Crippen molar-refractivity contribution in [1.82, 2.24) is 0 Å². The predicted molar refractivity (Wildman–Crippen MR) is 69.9 cm³/mol. The van der Waals surface area contributed by atoms with Gasteiger partial charge in [0.1, 0.15) is 0 Å². The summed E-state index contributed by atoms with van der Waals surface area (Å²) in [5.41, 5.74) is 1.10. The Hall–Kier alpha value is -0.580. The first kappa shape index (κ1) is 13.5. The summed E-state index contributed by atoms with van der Waals surface area (Å²) in [7, 11) is 1.68. The molecular weight excluding hydrogens is 270 g/mol. The van der Waals surface area contributed by atoms with Gasteiger partial charge in [-0.3, -0.25) is 0 Å². The van der Waals surface area contributed by atoms with Gasteiger partial charge in [0.15, 0.2) is 0 Å². The van der Waals surface area contributed by atoms with E-state index in [1.165, 1.54) is 0 Å². The predicted octanol–water partition coefficient (Wildman–Crippen LogP) is 2.91. The quantitative estimate of drug-likeness (QED) is 0.783. The van der Waals surface area contributed by atoms with Gasteiger partial charge in [-0.15, -0.1) is 0 Å². The SMILES string of the molecule is COCC(C)OCCNc1ccc(Br)cc1. The van der Waals surface area contributed by atoms with Crippen LogP contribution in [0.4, 0.5) is 5.69 Å². The molecule has 0 saturated carbocycles. The van der Waals surface area contributed by atoms with Crippen LogP contribution in [0.1, 0.15) is 6.92 Å². The molecule has 16 heavy (non-hydrogen) atoms. The zero-order valence-corrected chi connectivity index (χ0v) is 11.3. The van der Waals surface area contributed by atoms with Crippen LogP contribution in [0.25, 0.3) is 0 Å². The van der Waals surface area contributed by atoms with Crippen molar-refractivity contribution in [2.75, 3.05) is 32.2 Å². The second-order valence-electron chi connectivity index (χ2n) is 3.57. The molecular formula is C12H18BrNO2. The summed E-state index contributed by atoms with van der Waals surface area (Å²) in [5.74, 6) is 0. The van der Waals surface area contributed by atoms with E-state index in [1.54, 1.807) is 7.11 Å². The van der Waals surface area contributed by atoms with Crippen molar-refractivity contribution in [3.63, 3.8) is 0 Å². The van der Waals surface area contributed by atoms with Gasteiger partial charge in [-0.1, -0.05) is 15.9 Å². The molecule has 0 saturated heterocycles. The molecule has 1 rings (SSSR count). The van der Waals surface area contributed by atoms with Crippen molar-refractivity contribution in [1.29, 1.82) is 0 Å². The number of nitrogens with one attached hydrogen (secondary N) is 1. The van der Waals surface area contributed by atoms with Gasteiger partial charge in [0, 0.05) is 23.8 Å². The molecule has 1 aromatic rings. The van der Waals surface area contributed by atoms with Crippen molar-refractivity contribution in [3.05, 3.63) is 28.7 Å². The van der Waals surface area contributed by atoms with Crippen LogP contribution in [-0.2, 0) is 9.47 Å². The van der Waals surface area contributed by atoms with Crippen LogP contribution < -0.4 is 5.32 Å². The summed E-state index contributed by atoms with van der Waals surface area (Å²) in [6.45, 7) is 4.12. The molecule has 0 aromatic heterocycles. The molecule has 1 aromatic carbocycles. The maximum Gasteiger partial charge on any atom is 0.0781 e. The topological polar surface area (TPSA) is 30.5 Å². The van der Waals surface area contributed by atoms with Gasteiger partial charge in [0.25, 0.3) is 0 Å². The second kappa shape index (κ2) is 7.65. The minimum Gasteiger partial charge on any atom is -0.383 e. The number of methoxy groups -OCH3 is 1. The van der Waals surface area contributed by atoms with Crippen LogP contribution in [0.15, 0.2) is 28.7 Å². The highest BCUT2D eigenvalue weighted by atomic mass is 79.9. The second-order valence-corrected chi connectivity index (χ2v) is 4.49. The highest BCUT2D eigenvalue weighted by Gasteiger charge is 1.99. The average molecular weight is 288 g/mol. The van der Waals surface area contributed by atoms with E-state index in [0.717, 1.165) is 16.7 Å². The molecule has 0 aliphatic carbocycles. The molecule has 3 nitrogen and oxygen atoms in total. The number of ether oxygens (including phenoxy) is 2. The first-order chi connectivity index (χ1) is 7.72. The van der Waals surface area contributed by atoms with Crippen molar-refractivity contribution in [3.8, 4) is 0 Å². The lowest BCUT2D eigenvalue weighted by molar-refractivity contribution is 0.0140. The molecule has 0 aliphatic heterocycles. The number of hydrogen-bond donors (Lipinski definition) is 1. The monoisotopic (exact) mass is 287 g/mol. The van der Waals surface area contributed by atoms with Gasteiger partial charge in [0.2, 0.25) is 0 Å². The molecule has 1 unspecified atom stereocenters. The van der Waals surface area contributed by atoms with E-state index in [2.05, 4.69) is 21.2 Å². The molecule has 0 heterocycles. The average Bonchev–Trinajstić information content (AvgIpc) is 2.27. The minimum atomic E-state index is 0.150. The summed E-state index contributed by atoms with van der Waals surface area (Å²) in [5, 5.41) is 3.28. The number of rotatable bonds is 7. The summed E-state index contributed by atoms with van der Waals surface area (Å²) in [4.78, 5) is 0. The number of hydrogen-bond acceptors (Lipinski definition) is 3. The lowest BCUT2D eigenvalue weighted by Gasteiger charge is -2.12. The number of anilines is 1. The zero-order chi connectivity index (χ0) is 11.8. The first-order valence-corrected chi connectivity index (χ1v) is 6.11. The largest absolute Gasteiger partial charge is 0.383 e. The summed E-state index contributed by atoms with van der Waals surface area (Å²) < 4.78 is 11.6. The molecule has 0 fully saturated rings. The summed E-state index contributed by atoms with van der Waals surface area (Å²) in [6, 6.07) is 8.08. The fourth-order valence-corrected chi connectivity index (χ4v) is 1.57. The van der Waals surface area contributed by atoms with Crippen LogP contribution in [0.3, 0.4) is 0 Å². The summed E-state index contributed by atoms with van der Waals surface area (Å²) >= 11 is 3.40. The van der Waals surface area contributed by atoms with E-state index < -0.39 is 0 Å². The van der Waals surface area contributed by atoms with Crippen molar-refractivity contribution in [2.45, 2.75) is 13.0 Å². The molecule has 4 heteroatoms. The van der Waals surface area contributed by atoms with Gasteiger partial charge in [-0.2, -0.15) is 0 Å². The van der Waals surface area contributed by atoms with E-state index in [9.17, 15) is 0 Å². The highest BCUT2D eigenvalue weighted by Crippen LogP contribution is 2.13. The molecule has 0 amide bonds. The molecule has 0 bridgehead atoms. The third kappa shape index (κ3) is 5.49. The van der Waals surface area contributed by atoms with Crippen LogP contribution in [-0.4, -0.2) is 33.0 Å². The van der Waals surface area contributed by atoms with E-state index >= 15 is 0 Å². The summed E-state index contributed by atoms with van der Waals surface area (Å²) in [6.07, 6.45) is 0.150. The normalized spacial score (nSPS) is 12.4. The van der Waals surface area contributed by atoms with Crippen molar-refractivity contribution >= 4 is 21.6 Å². The Labute approximate surface area is 105 Å². The fourth-order valence-electron chi connectivity index (χ4n) is 1.31. The Kier molecular flexibility index (Phi) is 6.45. The van der Waals surface area contributed by atoms with Crippen LogP contribution in [0.5, 0.6) is 0 Å². The molecule has 1 N–H and O–H groups in total. The van der Waals surface area contributed by atoms with Gasteiger partial charge in [-0.05, 0) is 31.2 Å². The Morgan fingerprint density at radius 1 is 1.31 bits per heavy atom. The van der Waals surface area contributed by atoms with Crippen LogP contribution >= 0.6 is 15.9 Å². The maximum atomic E-state index is 5.53. The fraction of sp³-hybridized carbons (Fsp3) is 0.500. The number of halogens is 1. The highest BCUT2D eigenvalue weighted by molar-refractivity contribution is 9.10. The molecule has 0 radical (unpaired) electrons. The van der Waals surface area contributed by atoms with E-state index in [-0.39, 0.29) is 6.10 Å². The molecule has 0 spiro atoms. The Morgan fingerprint density at radius 3 is 2.62 bits per heavy atom. The lowest BCUT2D eigenvalue weighted by atomic mass is 10.3. The third-order valence-corrected chi connectivity index (χ3v) is 2.61. The zero-order valence-electron chi connectivity index (χ0n) is 9.70. The van der Waals surface area contributed by atoms with Crippen molar-refractivity contribution < 1.29 is 9.47 Å². The number of benzene rings is 1. The molecule has 90 valence electrons. The molecule has 1 atom stereocenters. The van der Waals surface area contributed by atoms with E-state index in [1.807, 2.05) is 31.2 Å². The van der Waals surface area contributed by atoms with E-state index in [0.29, 0.717) is 13.2 Å². The Bertz CT molecular complexity index is 290. The van der Waals surface area contributed by atoms with Crippen molar-refractivity contribution in [2.24, 2.45) is 0 Å². The smallest absolute Gasteiger partial charge is 0.0781 e. The Morgan fingerprint density at radius 2 is 2.00 bits per heavy atom. The first-order valence-electron chi connectivity index (χ1n) is 5.32.